The average molecular weight is 390 g/mol. The molecule has 0 aromatic carbocycles. The summed E-state index contributed by atoms with van der Waals surface area (Å²) in [7, 11) is 0. The highest BCUT2D eigenvalue weighted by molar-refractivity contribution is 7.20. The molecule has 0 spiro atoms. The Labute approximate surface area is 163 Å². The van der Waals surface area contributed by atoms with Crippen molar-refractivity contribution in [2.75, 3.05) is 57.8 Å². The second-order valence-electron chi connectivity index (χ2n) is 7.19. The molecule has 0 saturated carbocycles. The summed E-state index contributed by atoms with van der Waals surface area (Å²) in [5.41, 5.74) is 1.00. The quantitative estimate of drug-likeness (QED) is 0.847. The smallest absolute Gasteiger partial charge is 0.264 e. The van der Waals surface area contributed by atoms with Crippen molar-refractivity contribution in [1.82, 2.24) is 19.8 Å². The summed E-state index contributed by atoms with van der Waals surface area (Å²) in [5, 5.41) is 4.45. The van der Waals surface area contributed by atoms with Gasteiger partial charge in [0.25, 0.3) is 5.91 Å². The maximum absolute atomic E-state index is 13.0. The Bertz CT molecular complexity index is 797. The fourth-order valence-electron chi connectivity index (χ4n) is 3.81. The topological polar surface area (TPSA) is 70.6 Å². The van der Waals surface area contributed by atoms with Crippen LogP contribution in [0.25, 0.3) is 10.2 Å². The fraction of sp³-hybridized carbons (Fsp3) is 0.632. The largest absolute Gasteiger partial charge is 0.379 e. The number of hydrogen-bond acceptors (Lipinski definition) is 7. The second kappa shape index (κ2) is 8.50. The highest BCUT2D eigenvalue weighted by Crippen LogP contribution is 2.34. The summed E-state index contributed by atoms with van der Waals surface area (Å²) in [5.74, 6) is 0.981. The number of aromatic nitrogens is 2. The molecule has 8 heteroatoms. The standard InChI is InChI=1S/C19H27N5O2S/c1-14-15-17(20-5-8-23-9-11-26-12-10-23)21-13-22-18(15)27-16(14)19(25)24-6-3-2-4-7-24/h13H,2-12H2,1H3,(H,20,21,22). The van der Waals surface area contributed by atoms with E-state index in [9.17, 15) is 4.79 Å². The number of amides is 1. The molecule has 2 fully saturated rings. The minimum Gasteiger partial charge on any atom is -0.379 e. The number of carbonyl (C=O) groups is 1. The third-order valence-corrected chi connectivity index (χ3v) is 6.58. The number of nitrogens with zero attached hydrogens (tertiary/aromatic N) is 4. The predicted octanol–water partition coefficient (Wildman–Crippen LogP) is 2.37. The fourth-order valence-corrected chi connectivity index (χ4v) is 4.92. The SMILES string of the molecule is Cc1c(C(=O)N2CCCCC2)sc2ncnc(NCCN3CCOCC3)c12. The zero-order valence-corrected chi connectivity index (χ0v) is 16.7. The van der Waals surface area contributed by atoms with Crippen LogP contribution in [0.5, 0.6) is 0 Å². The Morgan fingerprint density at radius 3 is 2.74 bits per heavy atom. The van der Waals surface area contributed by atoms with Gasteiger partial charge in [-0.3, -0.25) is 9.69 Å². The number of hydrogen-bond donors (Lipinski definition) is 1. The summed E-state index contributed by atoms with van der Waals surface area (Å²) in [6.07, 6.45) is 5.01. The van der Waals surface area contributed by atoms with E-state index in [4.69, 9.17) is 4.74 Å². The van der Waals surface area contributed by atoms with Crippen LogP contribution < -0.4 is 5.32 Å². The third kappa shape index (κ3) is 4.07. The second-order valence-corrected chi connectivity index (χ2v) is 8.19. The lowest BCUT2D eigenvalue weighted by atomic mass is 10.1. The van der Waals surface area contributed by atoms with Crippen LogP contribution in [0, 0.1) is 6.92 Å². The number of fused-ring (bicyclic) bond motifs is 1. The Morgan fingerprint density at radius 2 is 1.96 bits per heavy atom. The highest BCUT2D eigenvalue weighted by Gasteiger charge is 2.24. The molecule has 2 aliphatic heterocycles. The summed E-state index contributed by atoms with van der Waals surface area (Å²) < 4.78 is 5.40. The summed E-state index contributed by atoms with van der Waals surface area (Å²) in [6.45, 7) is 9.10. The number of thiophene rings is 1. The van der Waals surface area contributed by atoms with Crippen LogP contribution in [0.4, 0.5) is 5.82 Å². The molecule has 0 radical (unpaired) electrons. The Kier molecular flexibility index (Phi) is 5.85. The maximum Gasteiger partial charge on any atom is 0.264 e. The van der Waals surface area contributed by atoms with E-state index in [-0.39, 0.29) is 5.91 Å². The van der Waals surface area contributed by atoms with E-state index in [1.54, 1.807) is 6.33 Å². The van der Waals surface area contributed by atoms with Crippen LogP contribution in [0.1, 0.15) is 34.5 Å². The van der Waals surface area contributed by atoms with Crippen molar-refractivity contribution in [3.63, 3.8) is 0 Å². The lowest BCUT2D eigenvalue weighted by Gasteiger charge is -2.26. The number of rotatable bonds is 5. The van der Waals surface area contributed by atoms with Gasteiger partial charge in [0.1, 0.15) is 17.0 Å². The average Bonchev–Trinajstić information content (AvgIpc) is 3.06. The first-order valence-corrected chi connectivity index (χ1v) is 10.6. The number of piperidine rings is 1. The van der Waals surface area contributed by atoms with Gasteiger partial charge in [0.15, 0.2) is 0 Å². The minimum absolute atomic E-state index is 0.148. The van der Waals surface area contributed by atoms with Gasteiger partial charge in [-0.05, 0) is 31.7 Å². The number of likely N-dealkylation sites (tertiary alicyclic amines) is 1. The van der Waals surface area contributed by atoms with Crippen LogP contribution in [-0.2, 0) is 4.74 Å². The van der Waals surface area contributed by atoms with Crippen molar-refractivity contribution in [2.24, 2.45) is 0 Å². The van der Waals surface area contributed by atoms with E-state index < -0.39 is 0 Å². The van der Waals surface area contributed by atoms with Gasteiger partial charge in [0.2, 0.25) is 0 Å². The molecule has 0 unspecified atom stereocenters. The molecule has 4 heterocycles. The zero-order chi connectivity index (χ0) is 18.6. The lowest BCUT2D eigenvalue weighted by Crippen LogP contribution is -2.39. The molecule has 0 aliphatic carbocycles. The van der Waals surface area contributed by atoms with E-state index >= 15 is 0 Å². The molecule has 146 valence electrons. The first-order valence-electron chi connectivity index (χ1n) is 9.81. The van der Waals surface area contributed by atoms with Gasteiger partial charge in [-0.2, -0.15) is 0 Å². The van der Waals surface area contributed by atoms with Crippen LogP contribution in [0.3, 0.4) is 0 Å². The van der Waals surface area contributed by atoms with Gasteiger partial charge in [0, 0.05) is 39.3 Å². The molecule has 0 bridgehead atoms. The normalized spacial score (nSPS) is 18.8. The number of carbonyl (C=O) groups excluding carboxylic acids is 1. The number of nitrogens with one attached hydrogen (secondary N) is 1. The number of aryl methyl sites for hydroxylation is 1. The van der Waals surface area contributed by atoms with Gasteiger partial charge in [0.05, 0.1) is 23.5 Å². The van der Waals surface area contributed by atoms with E-state index in [2.05, 4.69) is 20.2 Å². The Hall–Kier alpha value is -1.77. The van der Waals surface area contributed by atoms with E-state index in [1.807, 2.05) is 11.8 Å². The van der Waals surface area contributed by atoms with Crippen LogP contribution in [0.2, 0.25) is 0 Å². The van der Waals surface area contributed by atoms with Gasteiger partial charge in [-0.1, -0.05) is 0 Å². The summed E-state index contributed by atoms with van der Waals surface area (Å²) >= 11 is 1.49. The van der Waals surface area contributed by atoms with Gasteiger partial charge < -0.3 is 15.0 Å². The number of ether oxygens (including phenoxy) is 1. The van der Waals surface area contributed by atoms with Gasteiger partial charge in [-0.15, -0.1) is 11.3 Å². The maximum atomic E-state index is 13.0. The predicted molar refractivity (Wildman–Crippen MR) is 108 cm³/mol. The number of anilines is 1. The summed E-state index contributed by atoms with van der Waals surface area (Å²) in [6, 6.07) is 0. The summed E-state index contributed by atoms with van der Waals surface area (Å²) in [4.78, 5) is 27.9. The van der Waals surface area contributed by atoms with Crippen molar-refractivity contribution in [3.05, 3.63) is 16.8 Å². The highest BCUT2D eigenvalue weighted by atomic mass is 32.1. The van der Waals surface area contributed by atoms with Gasteiger partial charge in [-0.25, -0.2) is 9.97 Å². The van der Waals surface area contributed by atoms with Crippen LogP contribution in [-0.4, -0.2) is 78.2 Å². The minimum atomic E-state index is 0.148. The molecule has 1 N–H and O–H groups in total. The monoisotopic (exact) mass is 389 g/mol. The molecule has 1 amide bonds. The molecule has 2 saturated heterocycles. The van der Waals surface area contributed by atoms with Crippen LogP contribution >= 0.6 is 11.3 Å². The van der Waals surface area contributed by atoms with E-state index in [0.717, 1.165) is 91.8 Å². The molecule has 0 atom stereocenters. The third-order valence-electron chi connectivity index (χ3n) is 5.39. The molecule has 2 aromatic rings. The lowest BCUT2D eigenvalue weighted by molar-refractivity contribution is 0.0398. The molecule has 4 rings (SSSR count). The van der Waals surface area contributed by atoms with Crippen molar-refractivity contribution < 1.29 is 9.53 Å². The van der Waals surface area contributed by atoms with Crippen molar-refractivity contribution in [1.29, 1.82) is 0 Å². The number of morpholine rings is 1. The Morgan fingerprint density at radius 1 is 1.19 bits per heavy atom. The van der Waals surface area contributed by atoms with E-state index in [0.29, 0.717) is 0 Å². The molecule has 2 aromatic heterocycles. The first-order chi connectivity index (χ1) is 13.2. The molecular weight excluding hydrogens is 362 g/mol. The van der Waals surface area contributed by atoms with E-state index in [1.165, 1.54) is 17.8 Å². The first kappa shape index (κ1) is 18.6. The van der Waals surface area contributed by atoms with Crippen LogP contribution in [0.15, 0.2) is 6.33 Å². The molecule has 27 heavy (non-hydrogen) atoms. The van der Waals surface area contributed by atoms with Crippen molar-refractivity contribution in [3.8, 4) is 0 Å². The van der Waals surface area contributed by atoms with Gasteiger partial charge >= 0.3 is 0 Å². The molecular formula is C19H27N5O2S. The molecule has 2 aliphatic rings. The zero-order valence-electron chi connectivity index (χ0n) is 15.9. The molecule has 7 nitrogen and oxygen atoms in total. The Balaban J connectivity index is 1.50. The van der Waals surface area contributed by atoms with Crippen molar-refractivity contribution >= 4 is 33.3 Å². The van der Waals surface area contributed by atoms with Crippen molar-refractivity contribution in [2.45, 2.75) is 26.2 Å².